The molecule has 0 aliphatic heterocycles. The number of aryl methyl sites for hydroxylation is 1. The highest BCUT2D eigenvalue weighted by atomic mass is 32.2. The van der Waals surface area contributed by atoms with Gasteiger partial charge in [0.25, 0.3) is 0 Å². The lowest BCUT2D eigenvalue weighted by Crippen LogP contribution is -2.14. The van der Waals surface area contributed by atoms with Crippen LogP contribution in [0.4, 0.5) is 23.0 Å². The zero-order chi connectivity index (χ0) is 14.5. The summed E-state index contributed by atoms with van der Waals surface area (Å²) in [7, 11) is 0. The Morgan fingerprint density at radius 3 is 2.60 bits per heavy atom. The number of thioether (sulfide) groups is 1. The van der Waals surface area contributed by atoms with E-state index in [-0.39, 0.29) is 0 Å². The quantitative estimate of drug-likeness (QED) is 0.578. The van der Waals surface area contributed by atoms with E-state index >= 15 is 0 Å². The van der Waals surface area contributed by atoms with Crippen LogP contribution in [0.2, 0.25) is 0 Å². The SMILES string of the molecule is CSC(=Nc1c(N)nc[nH+]c1N)Nc1ccc(C)cc1. The van der Waals surface area contributed by atoms with Gasteiger partial charge in [0.2, 0.25) is 18.0 Å². The molecule has 0 amide bonds. The highest BCUT2D eigenvalue weighted by Gasteiger charge is 2.11. The first-order valence-electron chi connectivity index (χ1n) is 5.98. The smallest absolute Gasteiger partial charge is 0.248 e. The first-order valence-corrected chi connectivity index (χ1v) is 7.20. The largest absolute Gasteiger partial charge is 0.368 e. The van der Waals surface area contributed by atoms with Crippen LogP contribution >= 0.6 is 11.8 Å². The Morgan fingerprint density at radius 2 is 2.00 bits per heavy atom. The number of nitrogens with one attached hydrogen (secondary N) is 2. The van der Waals surface area contributed by atoms with Crippen LogP contribution in [0.1, 0.15) is 5.56 Å². The van der Waals surface area contributed by atoms with Crippen LogP contribution in [0.25, 0.3) is 0 Å². The van der Waals surface area contributed by atoms with Gasteiger partial charge in [0.05, 0.1) is 0 Å². The van der Waals surface area contributed by atoms with E-state index in [1.165, 1.54) is 23.7 Å². The molecule has 0 aliphatic rings. The van der Waals surface area contributed by atoms with E-state index in [0.29, 0.717) is 22.5 Å². The highest BCUT2D eigenvalue weighted by molar-refractivity contribution is 8.13. The van der Waals surface area contributed by atoms with Crippen molar-refractivity contribution in [1.29, 1.82) is 0 Å². The number of nitrogens with two attached hydrogens (primary N) is 2. The summed E-state index contributed by atoms with van der Waals surface area (Å²) >= 11 is 1.47. The number of amidine groups is 1. The van der Waals surface area contributed by atoms with Crippen LogP contribution in [0, 0.1) is 6.92 Å². The minimum atomic E-state index is 0.290. The number of nitrogens with zero attached hydrogens (tertiary/aromatic N) is 2. The third-order valence-corrected chi connectivity index (χ3v) is 3.21. The maximum absolute atomic E-state index is 5.82. The fraction of sp³-hybridized carbons (Fsp3) is 0.154. The van der Waals surface area contributed by atoms with Gasteiger partial charge in [-0.05, 0) is 25.3 Å². The van der Waals surface area contributed by atoms with Crippen LogP contribution < -0.4 is 21.8 Å². The van der Waals surface area contributed by atoms with Crippen molar-refractivity contribution in [1.82, 2.24) is 4.98 Å². The van der Waals surface area contributed by atoms with Gasteiger partial charge in [-0.2, -0.15) is 0 Å². The summed E-state index contributed by atoms with van der Waals surface area (Å²) in [5.74, 6) is 0.674. The van der Waals surface area contributed by atoms with Gasteiger partial charge in [-0.15, -0.1) is 0 Å². The number of H-pyrrole nitrogens is 1. The summed E-state index contributed by atoms with van der Waals surface area (Å²) in [5.41, 5.74) is 14.2. The third kappa shape index (κ3) is 3.39. The normalized spacial score (nSPS) is 11.4. The number of benzene rings is 1. The molecule has 0 spiro atoms. The van der Waals surface area contributed by atoms with Gasteiger partial charge in [0.1, 0.15) is 0 Å². The van der Waals surface area contributed by atoms with Gasteiger partial charge in [0.15, 0.2) is 10.9 Å². The molecule has 104 valence electrons. The number of aromatic amines is 1. The number of anilines is 3. The molecular weight excluding hydrogens is 272 g/mol. The predicted molar refractivity (Wildman–Crippen MR) is 85.0 cm³/mol. The van der Waals surface area contributed by atoms with Crippen molar-refractivity contribution in [2.45, 2.75) is 6.92 Å². The van der Waals surface area contributed by atoms with Gasteiger partial charge >= 0.3 is 0 Å². The minimum Gasteiger partial charge on any atom is -0.368 e. The lowest BCUT2D eigenvalue weighted by molar-refractivity contribution is -0.364. The second-order valence-corrected chi connectivity index (χ2v) is 4.96. The summed E-state index contributed by atoms with van der Waals surface area (Å²) in [5, 5.41) is 3.91. The number of aliphatic imine (C=N–C) groups is 1. The van der Waals surface area contributed by atoms with Gasteiger partial charge in [-0.1, -0.05) is 34.4 Å². The van der Waals surface area contributed by atoms with Crippen LogP contribution in [0.5, 0.6) is 0 Å². The van der Waals surface area contributed by atoms with Crippen molar-refractivity contribution in [2.75, 3.05) is 23.0 Å². The Balaban J connectivity index is 2.28. The van der Waals surface area contributed by atoms with Crippen molar-refractivity contribution in [3.63, 3.8) is 0 Å². The van der Waals surface area contributed by atoms with Gasteiger partial charge in [0, 0.05) is 5.69 Å². The Morgan fingerprint density at radius 1 is 1.30 bits per heavy atom. The van der Waals surface area contributed by atoms with Gasteiger partial charge in [-0.3, -0.25) is 0 Å². The number of aromatic nitrogens is 2. The van der Waals surface area contributed by atoms with E-state index in [1.54, 1.807) is 0 Å². The fourth-order valence-corrected chi connectivity index (χ4v) is 1.95. The third-order valence-electron chi connectivity index (χ3n) is 2.63. The number of hydrogen-bond donors (Lipinski definition) is 3. The lowest BCUT2D eigenvalue weighted by atomic mass is 10.2. The summed E-state index contributed by atoms with van der Waals surface area (Å²) in [6.45, 7) is 2.04. The average Bonchev–Trinajstić information content (AvgIpc) is 2.44. The maximum Gasteiger partial charge on any atom is 0.248 e. The standard InChI is InChI=1S/C13H16N6S/c1-8-3-5-9(6-4-8)18-13(20-2)19-10-11(14)16-7-17-12(10)15/h3-7H,1-2H3,(H,18,19)(H4,14,15,16,17)/p+1. The molecule has 0 fully saturated rings. The summed E-state index contributed by atoms with van der Waals surface area (Å²) < 4.78 is 0. The highest BCUT2D eigenvalue weighted by Crippen LogP contribution is 2.24. The molecule has 1 heterocycles. The van der Waals surface area contributed by atoms with Gasteiger partial charge < -0.3 is 16.8 Å². The zero-order valence-corrected chi connectivity index (χ0v) is 12.2. The Hall–Kier alpha value is -2.28. The molecule has 0 bridgehead atoms. The molecule has 2 rings (SSSR count). The molecule has 1 aromatic heterocycles. The first-order chi connectivity index (χ1) is 9.60. The second-order valence-electron chi connectivity index (χ2n) is 4.16. The molecule has 20 heavy (non-hydrogen) atoms. The Kier molecular flexibility index (Phi) is 4.41. The van der Waals surface area contributed by atoms with E-state index < -0.39 is 0 Å². The lowest BCUT2D eigenvalue weighted by Gasteiger charge is -2.08. The summed E-state index contributed by atoms with van der Waals surface area (Å²) in [6.07, 6.45) is 3.36. The fourth-order valence-electron chi connectivity index (χ4n) is 1.54. The zero-order valence-electron chi connectivity index (χ0n) is 11.3. The molecule has 0 atom stereocenters. The predicted octanol–water partition coefficient (Wildman–Crippen LogP) is 1.83. The minimum absolute atomic E-state index is 0.290. The number of hydrogen-bond acceptors (Lipinski definition) is 5. The molecule has 6 N–H and O–H groups in total. The molecule has 7 heteroatoms. The van der Waals surface area contributed by atoms with Crippen LogP contribution in [-0.2, 0) is 0 Å². The van der Waals surface area contributed by atoms with E-state index in [1.807, 2.05) is 37.4 Å². The summed E-state index contributed by atoms with van der Waals surface area (Å²) in [6, 6.07) is 8.04. The monoisotopic (exact) mass is 289 g/mol. The van der Waals surface area contributed by atoms with Crippen LogP contribution in [0.3, 0.4) is 0 Å². The molecular formula is C13H17N6S+. The molecule has 0 unspecified atom stereocenters. The molecule has 0 saturated heterocycles. The van der Waals surface area contributed by atoms with E-state index in [2.05, 4.69) is 20.3 Å². The molecule has 1 aromatic carbocycles. The number of nitrogen functional groups attached to an aromatic ring is 2. The Labute approximate surface area is 121 Å². The van der Waals surface area contributed by atoms with Crippen LogP contribution in [0.15, 0.2) is 35.6 Å². The second kappa shape index (κ2) is 6.25. The van der Waals surface area contributed by atoms with Crippen molar-refractivity contribution in [2.24, 2.45) is 4.99 Å². The molecule has 0 aliphatic carbocycles. The molecule has 0 saturated carbocycles. The van der Waals surface area contributed by atoms with Crippen LogP contribution in [-0.4, -0.2) is 16.4 Å². The molecule has 0 radical (unpaired) electrons. The van der Waals surface area contributed by atoms with Crippen molar-refractivity contribution in [3.8, 4) is 0 Å². The van der Waals surface area contributed by atoms with Crippen molar-refractivity contribution < 1.29 is 4.98 Å². The van der Waals surface area contributed by atoms with Crippen molar-refractivity contribution >= 4 is 39.9 Å². The van der Waals surface area contributed by atoms with E-state index in [9.17, 15) is 0 Å². The van der Waals surface area contributed by atoms with E-state index in [0.717, 1.165) is 5.69 Å². The maximum atomic E-state index is 5.82. The Bertz CT molecular complexity index is 603. The number of rotatable bonds is 2. The molecule has 2 aromatic rings. The summed E-state index contributed by atoms with van der Waals surface area (Å²) in [4.78, 5) is 11.1. The first kappa shape index (κ1) is 14.1. The average molecular weight is 289 g/mol. The van der Waals surface area contributed by atoms with E-state index in [4.69, 9.17) is 11.5 Å². The topological polar surface area (TPSA) is 103 Å². The molecule has 6 nitrogen and oxygen atoms in total. The van der Waals surface area contributed by atoms with Gasteiger partial charge in [-0.25, -0.2) is 9.98 Å². The van der Waals surface area contributed by atoms with Crippen molar-refractivity contribution in [3.05, 3.63) is 36.2 Å².